The van der Waals surface area contributed by atoms with Gasteiger partial charge >= 0.3 is 5.97 Å². The van der Waals surface area contributed by atoms with E-state index >= 15 is 0 Å². The Morgan fingerprint density at radius 3 is 2.64 bits per heavy atom. The molecule has 0 aliphatic carbocycles. The maximum Gasteiger partial charge on any atom is 0.340 e. The Kier molecular flexibility index (Phi) is 6.71. The van der Waals surface area contributed by atoms with Crippen molar-refractivity contribution in [2.45, 2.75) is 13.8 Å². The van der Waals surface area contributed by atoms with Crippen LogP contribution in [0.15, 0.2) is 30.3 Å². The first-order chi connectivity index (χ1) is 12.0. The molecule has 25 heavy (non-hydrogen) atoms. The molecule has 2 rings (SSSR count). The Morgan fingerprint density at radius 2 is 1.92 bits per heavy atom. The number of para-hydroxylation sites is 1. The second kappa shape index (κ2) is 8.98. The summed E-state index contributed by atoms with van der Waals surface area (Å²) in [6.45, 7) is 5.63. The predicted octanol–water partition coefficient (Wildman–Crippen LogP) is 2.68. The number of esters is 1. The summed E-state index contributed by atoms with van der Waals surface area (Å²) in [7, 11) is 4.04. The number of ether oxygens (including phenoxy) is 1. The molecule has 0 amide bonds. The van der Waals surface area contributed by atoms with Crippen LogP contribution in [0.4, 0.5) is 17.3 Å². The molecule has 0 spiro atoms. The molecule has 0 radical (unpaired) electrons. The number of aromatic nitrogens is 2. The van der Waals surface area contributed by atoms with E-state index in [0.717, 1.165) is 18.9 Å². The number of likely N-dealkylation sites (N-methyl/N-ethyl adjacent to an activating group) is 1. The molecule has 1 heterocycles. The molecule has 2 aromatic rings. The average Bonchev–Trinajstić information content (AvgIpc) is 2.54. The quantitative estimate of drug-likeness (QED) is 0.713. The SMILES string of the molecule is CCOC(=O)c1ccccc1Nc1cc(NCCN(C)C)nc(C)n1. The van der Waals surface area contributed by atoms with Gasteiger partial charge in [0, 0.05) is 19.2 Å². The number of nitrogens with one attached hydrogen (secondary N) is 2. The Labute approximate surface area is 148 Å². The number of hydrogen-bond acceptors (Lipinski definition) is 7. The van der Waals surface area contributed by atoms with E-state index in [-0.39, 0.29) is 5.97 Å². The van der Waals surface area contributed by atoms with Crippen molar-refractivity contribution in [3.05, 3.63) is 41.7 Å². The van der Waals surface area contributed by atoms with Crippen LogP contribution in [-0.4, -0.2) is 54.6 Å². The van der Waals surface area contributed by atoms with E-state index in [1.807, 2.05) is 39.2 Å². The molecule has 0 aliphatic heterocycles. The maximum absolute atomic E-state index is 12.1. The summed E-state index contributed by atoms with van der Waals surface area (Å²) < 4.78 is 5.10. The molecule has 1 aromatic heterocycles. The highest BCUT2D eigenvalue weighted by Crippen LogP contribution is 2.22. The summed E-state index contributed by atoms with van der Waals surface area (Å²) in [5, 5.41) is 6.47. The van der Waals surface area contributed by atoms with Gasteiger partial charge in [0.1, 0.15) is 17.5 Å². The van der Waals surface area contributed by atoms with Crippen molar-refractivity contribution in [1.82, 2.24) is 14.9 Å². The molecule has 0 atom stereocenters. The standard InChI is InChI=1S/C18H25N5O2/c1-5-25-18(24)14-8-6-7-9-15(14)22-17-12-16(20-13(2)21-17)19-10-11-23(3)4/h6-9,12H,5,10-11H2,1-4H3,(H2,19,20,21,22). The molecule has 0 saturated heterocycles. The number of carbonyl (C=O) groups is 1. The van der Waals surface area contributed by atoms with Crippen molar-refractivity contribution < 1.29 is 9.53 Å². The average molecular weight is 343 g/mol. The zero-order valence-electron chi connectivity index (χ0n) is 15.2. The minimum atomic E-state index is -0.360. The molecule has 0 unspecified atom stereocenters. The van der Waals surface area contributed by atoms with Gasteiger partial charge in [-0.15, -0.1) is 0 Å². The van der Waals surface area contributed by atoms with Gasteiger partial charge in [-0.25, -0.2) is 14.8 Å². The van der Waals surface area contributed by atoms with Gasteiger partial charge in [-0.2, -0.15) is 0 Å². The van der Waals surface area contributed by atoms with E-state index in [1.54, 1.807) is 19.1 Å². The number of aryl methyl sites for hydroxylation is 1. The Balaban J connectivity index is 2.17. The third-order valence-corrected chi connectivity index (χ3v) is 3.39. The van der Waals surface area contributed by atoms with E-state index in [9.17, 15) is 4.79 Å². The molecule has 1 aromatic carbocycles. The van der Waals surface area contributed by atoms with E-state index in [1.165, 1.54) is 0 Å². The van der Waals surface area contributed by atoms with Crippen LogP contribution in [0.3, 0.4) is 0 Å². The monoisotopic (exact) mass is 343 g/mol. The van der Waals surface area contributed by atoms with Gasteiger partial charge in [0.05, 0.1) is 17.9 Å². The molecule has 7 heteroatoms. The van der Waals surface area contributed by atoms with Crippen LogP contribution in [0, 0.1) is 6.92 Å². The zero-order chi connectivity index (χ0) is 18.2. The number of anilines is 3. The van der Waals surface area contributed by atoms with Gasteiger partial charge in [-0.05, 0) is 40.1 Å². The molecule has 7 nitrogen and oxygen atoms in total. The minimum Gasteiger partial charge on any atom is -0.462 e. The summed E-state index contributed by atoms with van der Waals surface area (Å²) >= 11 is 0. The topological polar surface area (TPSA) is 79.4 Å². The lowest BCUT2D eigenvalue weighted by molar-refractivity contribution is 0.0527. The molecular formula is C18H25N5O2. The van der Waals surface area contributed by atoms with Crippen molar-refractivity contribution in [3.8, 4) is 0 Å². The number of benzene rings is 1. The van der Waals surface area contributed by atoms with E-state index < -0.39 is 0 Å². The lowest BCUT2D eigenvalue weighted by atomic mass is 10.2. The fourth-order valence-electron chi connectivity index (χ4n) is 2.25. The van der Waals surface area contributed by atoms with Crippen LogP contribution in [0.1, 0.15) is 23.1 Å². The van der Waals surface area contributed by atoms with Crippen LogP contribution in [0.2, 0.25) is 0 Å². The van der Waals surface area contributed by atoms with E-state index in [4.69, 9.17) is 4.74 Å². The van der Waals surface area contributed by atoms with Gasteiger partial charge in [0.2, 0.25) is 0 Å². The van der Waals surface area contributed by atoms with E-state index in [2.05, 4.69) is 25.5 Å². The van der Waals surface area contributed by atoms with Crippen molar-refractivity contribution in [3.63, 3.8) is 0 Å². The molecule has 0 saturated carbocycles. The van der Waals surface area contributed by atoms with Gasteiger partial charge < -0.3 is 20.3 Å². The Bertz CT molecular complexity index is 718. The first-order valence-electron chi connectivity index (χ1n) is 8.27. The largest absolute Gasteiger partial charge is 0.462 e. The fraction of sp³-hybridized carbons (Fsp3) is 0.389. The summed E-state index contributed by atoms with van der Waals surface area (Å²) in [5.41, 5.74) is 1.13. The lowest BCUT2D eigenvalue weighted by Gasteiger charge is -2.14. The number of hydrogen-bond donors (Lipinski definition) is 2. The van der Waals surface area contributed by atoms with Gasteiger partial charge in [-0.3, -0.25) is 0 Å². The molecule has 2 N–H and O–H groups in total. The second-order valence-electron chi connectivity index (χ2n) is 5.81. The van der Waals surface area contributed by atoms with Gasteiger partial charge in [-0.1, -0.05) is 12.1 Å². The van der Waals surface area contributed by atoms with Crippen molar-refractivity contribution in [2.75, 3.05) is 44.4 Å². The van der Waals surface area contributed by atoms with Crippen LogP contribution in [-0.2, 0) is 4.74 Å². The number of carbonyl (C=O) groups excluding carboxylic acids is 1. The van der Waals surface area contributed by atoms with E-state index in [0.29, 0.717) is 29.5 Å². The van der Waals surface area contributed by atoms with Crippen LogP contribution >= 0.6 is 0 Å². The fourth-order valence-corrected chi connectivity index (χ4v) is 2.25. The van der Waals surface area contributed by atoms with Crippen LogP contribution in [0.5, 0.6) is 0 Å². The third kappa shape index (κ3) is 5.72. The molecule has 134 valence electrons. The first kappa shape index (κ1) is 18.7. The van der Waals surface area contributed by atoms with Crippen molar-refractivity contribution in [1.29, 1.82) is 0 Å². The number of rotatable bonds is 8. The summed E-state index contributed by atoms with van der Waals surface area (Å²) in [6, 6.07) is 9.03. The molecular weight excluding hydrogens is 318 g/mol. The summed E-state index contributed by atoms with van der Waals surface area (Å²) in [6.07, 6.45) is 0. The van der Waals surface area contributed by atoms with Gasteiger partial charge in [0.15, 0.2) is 0 Å². The Hall–Kier alpha value is -2.67. The smallest absolute Gasteiger partial charge is 0.340 e. The molecule has 0 aliphatic rings. The van der Waals surface area contributed by atoms with Gasteiger partial charge in [0.25, 0.3) is 0 Å². The molecule has 0 fully saturated rings. The summed E-state index contributed by atoms with van der Waals surface area (Å²) in [5.74, 6) is 1.65. The first-order valence-corrected chi connectivity index (χ1v) is 8.27. The van der Waals surface area contributed by atoms with Crippen molar-refractivity contribution >= 4 is 23.3 Å². The third-order valence-electron chi connectivity index (χ3n) is 3.39. The zero-order valence-corrected chi connectivity index (χ0v) is 15.2. The highest BCUT2D eigenvalue weighted by molar-refractivity contribution is 5.96. The van der Waals surface area contributed by atoms with Crippen LogP contribution < -0.4 is 10.6 Å². The lowest BCUT2D eigenvalue weighted by Crippen LogP contribution is -2.21. The minimum absolute atomic E-state index is 0.333. The Morgan fingerprint density at radius 1 is 1.20 bits per heavy atom. The predicted molar refractivity (Wildman–Crippen MR) is 99.5 cm³/mol. The van der Waals surface area contributed by atoms with Crippen molar-refractivity contribution in [2.24, 2.45) is 0 Å². The highest BCUT2D eigenvalue weighted by Gasteiger charge is 2.13. The second-order valence-corrected chi connectivity index (χ2v) is 5.81. The normalized spacial score (nSPS) is 10.6. The molecule has 0 bridgehead atoms. The van der Waals surface area contributed by atoms with Crippen LogP contribution in [0.25, 0.3) is 0 Å². The highest BCUT2D eigenvalue weighted by atomic mass is 16.5. The summed E-state index contributed by atoms with van der Waals surface area (Å²) in [4.78, 5) is 23.0. The maximum atomic E-state index is 12.1. The number of nitrogens with zero attached hydrogens (tertiary/aromatic N) is 3.